The predicted molar refractivity (Wildman–Crippen MR) is 84.7 cm³/mol. The van der Waals surface area contributed by atoms with Gasteiger partial charge in [-0.05, 0) is 24.3 Å². The van der Waals surface area contributed by atoms with E-state index < -0.39 is 0 Å². The summed E-state index contributed by atoms with van der Waals surface area (Å²) < 4.78 is 1.74. The van der Waals surface area contributed by atoms with Crippen molar-refractivity contribution in [2.24, 2.45) is 0 Å². The highest BCUT2D eigenvalue weighted by Gasteiger charge is 2.23. The largest absolute Gasteiger partial charge is 0.215 e. The quantitative estimate of drug-likeness (QED) is 0.702. The molecule has 0 saturated heterocycles. The molecule has 0 aromatic carbocycles. The molecule has 1 aliphatic carbocycles. The molecule has 3 aromatic heterocycles. The molecule has 0 spiro atoms. The van der Waals surface area contributed by atoms with E-state index in [2.05, 4.69) is 11.1 Å². The Bertz CT molecular complexity index is 801. The van der Waals surface area contributed by atoms with Crippen LogP contribution in [-0.2, 0) is 0 Å². The summed E-state index contributed by atoms with van der Waals surface area (Å²) in [6, 6.07) is 6.26. The van der Waals surface area contributed by atoms with E-state index in [0.717, 1.165) is 20.5 Å². The highest BCUT2D eigenvalue weighted by atomic mass is 32.1. The second-order valence-corrected chi connectivity index (χ2v) is 7.30. The molecule has 0 radical (unpaired) electrons. The van der Waals surface area contributed by atoms with E-state index in [4.69, 9.17) is 5.10 Å². The normalized spacial score (nSPS) is 16.3. The van der Waals surface area contributed by atoms with E-state index in [9.17, 15) is 5.26 Å². The molecule has 0 amide bonds. The van der Waals surface area contributed by atoms with Gasteiger partial charge in [-0.15, -0.1) is 11.3 Å². The van der Waals surface area contributed by atoms with Crippen LogP contribution in [0.4, 0.5) is 0 Å². The molecule has 0 aliphatic heterocycles. The number of fused-ring (bicyclic) bond motifs is 1. The smallest absolute Gasteiger partial charge is 0.214 e. The lowest BCUT2D eigenvalue weighted by Gasteiger charge is -2.18. The van der Waals surface area contributed by atoms with Crippen molar-refractivity contribution in [1.29, 1.82) is 5.26 Å². The van der Waals surface area contributed by atoms with Crippen LogP contribution in [-0.4, -0.2) is 14.6 Å². The van der Waals surface area contributed by atoms with Crippen LogP contribution in [0.1, 0.15) is 48.7 Å². The van der Waals surface area contributed by atoms with Crippen molar-refractivity contribution in [3.8, 4) is 16.6 Å². The summed E-state index contributed by atoms with van der Waals surface area (Å²) in [5, 5.41) is 17.3. The third kappa shape index (κ3) is 2.17. The van der Waals surface area contributed by atoms with E-state index in [1.54, 1.807) is 27.2 Å². The Morgan fingerprint density at radius 1 is 1.29 bits per heavy atom. The van der Waals surface area contributed by atoms with Crippen molar-refractivity contribution in [3.05, 3.63) is 28.2 Å². The van der Waals surface area contributed by atoms with Crippen molar-refractivity contribution in [1.82, 2.24) is 14.6 Å². The molecule has 21 heavy (non-hydrogen) atoms. The predicted octanol–water partition coefficient (Wildman–Crippen LogP) is 4.44. The summed E-state index contributed by atoms with van der Waals surface area (Å²) in [7, 11) is 0. The van der Waals surface area contributed by atoms with Gasteiger partial charge < -0.3 is 0 Å². The molecule has 4 rings (SSSR count). The molecule has 6 heteroatoms. The number of nitrogens with zero attached hydrogens (tertiary/aromatic N) is 4. The minimum absolute atomic E-state index is 0.558. The zero-order chi connectivity index (χ0) is 14.2. The fraction of sp³-hybridized carbons (Fsp3) is 0.400. The molecule has 3 aromatic rings. The molecular formula is C15H14N4S2. The van der Waals surface area contributed by atoms with Gasteiger partial charge in [-0.3, -0.25) is 0 Å². The minimum atomic E-state index is 0.558. The Hall–Kier alpha value is -1.71. The second-order valence-electron chi connectivity index (χ2n) is 5.37. The van der Waals surface area contributed by atoms with E-state index >= 15 is 0 Å². The molecule has 4 nitrogen and oxygen atoms in total. The van der Waals surface area contributed by atoms with Gasteiger partial charge in [0.1, 0.15) is 16.8 Å². The first-order chi connectivity index (χ1) is 10.4. The Kier molecular flexibility index (Phi) is 3.24. The van der Waals surface area contributed by atoms with Gasteiger partial charge in [-0.25, -0.2) is 4.98 Å². The molecule has 0 atom stereocenters. The van der Waals surface area contributed by atoms with Gasteiger partial charge in [0.15, 0.2) is 5.69 Å². The fourth-order valence-corrected chi connectivity index (χ4v) is 4.75. The van der Waals surface area contributed by atoms with Crippen LogP contribution in [0.3, 0.4) is 0 Å². The van der Waals surface area contributed by atoms with Crippen LogP contribution >= 0.6 is 22.7 Å². The van der Waals surface area contributed by atoms with Gasteiger partial charge in [-0.1, -0.05) is 36.7 Å². The first-order valence-electron chi connectivity index (χ1n) is 7.20. The lowest BCUT2D eigenvalue weighted by atomic mass is 9.90. The number of nitriles is 1. The summed E-state index contributed by atoms with van der Waals surface area (Å²) in [5.74, 6) is 0.558. The van der Waals surface area contributed by atoms with Crippen LogP contribution in [0.25, 0.3) is 15.5 Å². The molecule has 1 aliphatic rings. The lowest BCUT2D eigenvalue weighted by Crippen LogP contribution is -2.05. The zero-order valence-electron chi connectivity index (χ0n) is 11.5. The third-order valence-electron chi connectivity index (χ3n) is 4.03. The fourth-order valence-electron chi connectivity index (χ4n) is 2.96. The minimum Gasteiger partial charge on any atom is -0.215 e. The average molecular weight is 314 g/mol. The lowest BCUT2D eigenvalue weighted by molar-refractivity contribution is 0.439. The number of aromatic nitrogens is 3. The molecule has 0 unspecified atom stereocenters. The zero-order valence-corrected chi connectivity index (χ0v) is 13.1. The summed E-state index contributed by atoms with van der Waals surface area (Å²) >= 11 is 3.25. The standard InChI is InChI=1S/C15H14N4S2/c16-9-11-13(12-7-4-8-20-12)17-15-19(11)18-14(21-15)10-5-2-1-3-6-10/h4,7-8,10H,1-3,5-6H2. The van der Waals surface area contributed by atoms with Crippen LogP contribution in [0.2, 0.25) is 0 Å². The summed E-state index contributed by atoms with van der Waals surface area (Å²) in [4.78, 5) is 6.52. The van der Waals surface area contributed by atoms with E-state index in [0.29, 0.717) is 11.6 Å². The first-order valence-corrected chi connectivity index (χ1v) is 8.90. The third-order valence-corrected chi connectivity index (χ3v) is 5.98. The average Bonchev–Trinajstić information content (AvgIpc) is 3.22. The van der Waals surface area contributed by atoms with Crippen LogP contribution < -0.4 is 0 Å². The number of imidazole rings is 1. The Morgan fingerprint density at radius 3 is 2.86 bits per heavy atom. The van der Waals surface area contributed by atoms with Gasteiger partial charge in [-0.2, -0.15) is 14.9 Å². The number of hydrogen-bond acceptors (Lipinski definition) is 5. The summed E-state index contributed by atoms with van der Waals surface area (Å²) in [6.07, 6.45) is 6.36. The molecule has 0 N–H and O–H groups in total. The topological polar surface area (TPSA) is 54.0 Å². The molecular weight excluding hydrogens is 300 g/mol. The maximum atomic E-state index is 9.48. The number of hydrogen-bond donors (Lipinski definition) is 0. The van der Waals surface area contributed by atoms with E-state index in [1.165, 1.54) is 32.1 Å². The Labute approximate surface area is 130 Å². The van der Waals surface area contributed by atoms with Crippen molar-refractivity contribution >= 4 is 27.6 Å². The van der Waals surface area contributed by atoms with Gasteiger partial charge in [0, 0.05) is 5.92 Å². The maximum absolute atomic E-state index is 9.48. The van der Waals surface area contributed by atoms with Crippen LogP contribution in [0.5, 0.6) is 0 Å². The molecule has 106 valence electrons. The highest BCUT2D eigenvalue weighted by molar-refractivity contribution is 7.17. The molecule has 1 saturated carbocycles. The monoisotopic (exact) mass is 314 g/mol. The molecule has 0 bridgehead atoms. The maximum Gasteiger partial charge on any atom is 0.214 e. The van der Waals surface area contributed by atoms with Crippen LogP contribution in [0.15, 0.2) is 17.5 Å². The van der Waals surface area contributed by atoms with Crippen molar-refractivity contribution in [2.75, 3.05) is 0 Å². The SMILES string of the molecule is N#Cc1c(-c2cccs2)nc2sc(C3CCCCC3)nn12. The summed E-state index contributed by atoms with van der Waals surface area (Å²) in [6.45, 7) is 0. The summed E-state index contributed by atoms with van der Waals surface area (Å²) in [5.41, 5.74) is 1.33. The highest BCUT2D eigenvalue weighted by Crippen LogP contribution is 2.36. The Balaban J connectivity index is 1.79. The van der Waals surface area contributed by atoms with Gasteiger partial charge >= 0.3 is 0 Å². The molecule has 1 fully saturated rings. The van der Waals surface area contributed by atoms with Gasteiger partial charge in [0.25, 0.3) is 0 Å². The van der Waals surface area contributed by atoms with Crippen molar-refractivity contribution < 1.29 is 0 Å². The van der Waals surface area contributed by atoms with Gasteiger partial charge in [0.05, 0.1) is 4.88 Å². The van der Waals surface area contributed by atoms with Crippen molar-refractivity contribution in [2.45, 2.75) is 38.0 Å². The van der Waals surface area contributed by atoms with E-state index in [1.807, 2.05) is 17.5 Å². The van der Waals surface area contributed by atoms with Crippen LogP contribution in [0, 0.1) is 11.3 Å². The first kappa shape index (κ1) is 13.0. The van der Waals surface area contributed by atoms with Gasteiger partial charge in [0.2, 0.25) is 4.96 Å². The van der Waals surface area contributed by atoms with E-state index in [-0.39, 0.29) is 0 Å². The Morgan fingerprint density at radius 2 is 2.14 bits per heavy atom. The van der Waals surface area contributed by atoms with Crippen molar-refractivity contribution in [3.63, 3.8) is 0 Å². The second kappa shape index (κ2) is 5.24. The molecule has 3 heterocycles. The number of thiophene rings is 1. The number of rotatable bonds is 2.